The van der Waals surface area contributed by atoms with Crippen LogP contribution in [0.25, 0.3) is 0 Å². The van der Waals surface area contributed by atoms with E-state index in [1.54, 1.807) is 6.07 Å². The van der Waals surface area contributed by atoms with Crippen molar-refractivity contribution in [2.24, 2.45) is 17.3 Å². The lowest BCUT2D eigenvalue weighted by molar-refractivity contribution is -0.383. The monoisotopic (exact) mass is 450 g/mol. The quantitative estimate of drug-likeness (QED) is 0.303. The van der Waals surface area contributed by atoms with Gasteiger partial charge >= 0.3 is 5.97 Å². The molecule has 0 aromatic heterocycles. The van der Waals surface area contributed by atoms with Gasteiger partial charge in [0.25, 0.3) is 11.6 Å². The average Bonchev–Trinajstić information content (AvgIpc) is 2.57. The zero-order chi connectivity index (χ0) is 19.9. The van der Waals surface area contributed by atoms with Gasteiger partial charge in [0.2, 0.25) is 0 Å². The number of nitro groups is 1. The summed E-state index contributed by atoms with van der Waals surface area (Å²) in [4.78, 5) is 35.0. The van der Waals surface area contributed by atoms with E-state index in [2.05, 4.69) is 21.2 Å². The Balaban J connectivity index is 1.32. The SMILES string of the molecule is O=C(COC(=O)CC12C[C@@H]3C[C@H](CC(Br)(C3)C1)C2)Nc1ccccc1[N+](=O)[O-]. The van der Waals surface area contributed by atoms with Gasteiger partial charge in [-0.15, -0.1) is 0 Å². The lowest BCUT2D eigenvalue weighted by Gasteiger charge is -2.60. The first kappa shape index (κ1) is 19.4. The summed E-state index contributed by atoms with van der Waals surface area (Å²) >= 11 is 3.93. The molecule has 4 saturated carbocycles. The smallest absolute Gasteiger partial charge is 0.306 e. The molecule has 0 radical (unpaired) electrons. The number of anilines is 1. The lowest BCUT2D eigenvalue weighted by atomic mass is 9.49. The van der Waals surface area contributed by atoms with E-state index < -0.39 is 17.4 Å². The first-order chi connectivity index (χ1) is 13.3. The van der Waals surface area contributed by atoms with Crippen molar-refractivity contribution in [3.05, 3.63) is 34.4 Å². The standard InChI is InChI=1S/C20H23BrN2O5/c21-20-8-13-5-14(9-20)7-19(6-13,12-20)10-18(25)28-11-17(24)22-15-3-1-2-4-16(15)23(26)27/h1-4,13-14H,5-12H2,(H,22,24)/t13-,14-,19?,20?/m0/s1. The van der Waals surface area contributed by atoms with Crippen LogP contribution in [0.15, 0.2) is 24.3 Å². The van der Waals surface area contributed by atoms with Gasteiger partial charge in [0.05, 0.1) is 11.3 Å². The van der Waals surface area contributed by atoms with E-state index in [4.69, 9.17) is 4.74 Å². The summed E-state index contributed by atoms with van der Waals surface area (Å²) in [6, 6.07) is 5.88. The molecule has 1 N–H and O–H groups in total. The Morgan fingerprint density at radius 2 is 1.89 bits per heavy atom. The van der Waals surface area contributed by atoms with Crippen molar-refractivity contribution in [1.29, 1.82) is 0 Å². The van der Waals surface area contributed by atoms with E-state index in [1.165, 1.54) is 37.5 Å². The third-order valence-electron chi connectivity index (χ3n) is 6.37. The number of alkyl halides is 1. The van der Waals surface area contributed by atoms with Crippen LogP contribution >= 0.6 is 15.9 Å². The summed E-state index contributed by atoms with van der Waals surface area (Å²) in [6.07, 6.45) is 7.11. The summed E-state index contributed by atoms with van der Waals surface area (Å²) < 4.78 is 5.38. The lowest BCUT2D eigenvalue weighted by Crippen LogP contribution is -2.53. The predicted molar refractivity (Wildman–Crippen MR) is 106 cm³/mol. The number of benzene rings is 1. The number of rotatable bonds is 6. The fraction of sp³-hybridized carbons (Fsp3) is 0.600. The number of ether oxygens (including phenoxy) is 1. The van der Waals surface area contributed by atoms with Crippen molar-refractivity contribution >= 4 is 39.2 Å². The van der Waals surface area contributed by atoms with Gasteiger partial charge < -0.3 is 10.1 Å². The van der Waals surface area contributed by atoms with Crippen molar-refractivity contribution in [2.75, 3.05) is 11.9 Å². The number of amides is 1. The van der Waals surface area contributed by atoms with Gasteiger partial charge in [-0.25, -0.2) is 0 Å². The Hall–Kier alpha value is -1.96. The fourth-order valence-corrected chi connectivity index (χ4v) is 7.48. The molecule has 2 atom stereocenters. The molecule has 0 spiro atoms. The largest absolute Gasteiger partial charge is 0.456 e. The van der Waals surface area contributed by atoms with Gasteiger partial charge in [0, 0.05) is 10.4 Å². The second-order valence-corrected chi connectivity index (χ2v) is 10.5. The van der Waals surface area contributed by atoms with Gasteiger partial charge in [-0.05, 0) is 61.8 Å². The number of nitrogens with one attached hydrogen (secondary N) is 1. The maximum absolute atomic E-state index is 12.4. The number of para-hydroxylation sites is 2. The zero-order valence-electron chi connectivity index (χ0n) is 15.5. The third kappa shape index (κ3) is 3.92. The highest BCUT2D eigenvalue weighted by Crippen LogP contribution is 2.65. The van der Waals surface area contributed by atoms with Gasteiger partial charge in [0.15, 0.2) is 6.61 Å². The van der Waals surface area contributed by atoms with E-state index in [0.29, 0.717) is 18.3 Å². The summed E-state index contributed by atoms with van der Waals surface area (Å²) in [7, 11) is 0. The first-order valence-corrected chi connectivity index (χ1v) is 10.4. The Morgan fingerprint density at radius 3 is 2.54 bits per heavy atom. The number of halogens is 1. The van der Waals surface area contributed by atoms with Crippen molar-refractivity contribution in [3.63, 3.8) is 0 Å². The summed E-state index contributed by atoms with van der Waals surface area (Å²) in [5.74, 6) is 0.409. The third-order valence-corrected chi connectivity index (χ3v) is 7.30. The van der Waals surface area contributed by atoms with Gasteiger partial charge in [-0.1, -0.05) is 28.1 Å². The Kier molecular flexibility index (Phi) is 4.93. The molecule has 1 amide bonds. The minimum Gasteiger partial charge on any atom is -0.456 e. The number of carbonyl (C=O) groups excluding carboxylic acids is 2. The molecule has 7 nitrogen and oxygen atoms in total. The maximum atomic E-state index is 12.4. The van der Waals surface area contributed by atoms with E-state index in [1.807, 2.05) is 0 Å². The van der Waals surface area contributed by atoms with Crippen molar-refractivity contribution in [2.45, 2.75) is 49.3 Å². The van der Waals surface area contributed by atoms with Gasteiger partial charge in [-0.3, -0.25) is 19.7 Å². The first-order valence-electron chi connectivity index (χ1n) is 9.64. The minimum atomic E-state index is -0.579. The highest BCUT2D eigenvalue weighted by molar-refractivity contribution is 9.10. The van der Waals surface area contributed by atoms with Crippen LogP contribution in [0.5, 0.6) is 0 Å². The van der Waals surface area contributed by atoms with Crippen LogP contribution in [0.1, 0.15) is 44.9 Å². The Labute approximate surface area is 171 Å². The van der Waals surface area contributed by atoms with Crippen LogP contribution in [0.4, 0.5) is 11.4 Å². The molecule has 1 aromatic rings. The maximum Gasteiger partial charge on any atom is 0.306 e. The van der Waals surface area contributed by atoms with Gasteiger partial charge in [-0.2, -0.15) is 0 Å². The van der Waals surface area contributed by atoms with Crippen LogP contribution in [0.2, 0.25) is 0 Å². The van der Waals surface area contributed by atoms with Crippen LogP contribution in [-0.4, -0.2) is 27.7 Å². The van der Waals surface area contributed by atoms with E-state index in [-0.39, 0.29) is 27.1 Å². The Morgan fingerprint density at radius 1 is 1.21 bits per heavy atom. The molecule has 8 heteroatoms. The number of hydrogen-bond donors (Lipinski definition) is 1. The molecular formula is C20H23BrN2O5. The van der Waals surface area contributed by atoms with Crippen molar-refractivity contribution < 1.29 is 19.2 Å². The normalized spacial score (nSPS) is 32.8. The summed E-state index contributed by atoms with van der Waals surface area (Å²) in [6.45, 7) is -0.437. The highest BCUT2D eigenvalue weighted by atomic mass is 79.9. The molecule has 1 aromatic carbocycles. The second kappa shape index (κ2) is 7.13. The number of carbonyl (C=O) groups is 2. The summed E-state index contributed by atoms with van der Waals surface area (Å²) in [5, 5.41) is 13.5. The van der Waals surface area contributed by atoms with E-state index in [9.17, 15) is 19.7 Å². The van der Waals surface area contributed by atoms with Crippen LogP contribution in [0, 0.1) is 27.4 Å². The van der Waals surface area contributed by atoms with Crippen molar-refractivity contribution in [1.82, 2.24) is 0 Å². The minimum absolute atomic E-state index is 0.0145. The number of nitro benzene ring substituents is 1. The van der Waals surface area contributed by atoms with Crippen LogP contribution in [-0.2, 0) is 14.3 Å². The molecule has 0 unspecified atom stereocenters. The number of hydrogen-bond acceptors (Lipinski definition) is 5. The molecule has 0 heterocycles. The van der Waals surface area contributed by atoms with Crippen LogP contribution < -0.4 is 5.32 Å². The van der Waals surface area contributed by atoms with E-state index in [0.717, 1.165) is 19.3 Å². The summed E-state index contributed by atoms with van der Waals surface area (Å²) in [5.41, 5.74) is -0.117. The molecule has 5 rings (SSSR count). The second-order valence-electron chi connectivity index (χ2n) is 8.77. The molecule has 150 valence electrons. The number of nitrogens with zero attached hydrogens (tertiary/aromatic N) is 1. The van der Waals surface area contributed by atoms with E-state index >= 15 is 0 Å². The highest BCUT2D eigenvalue weighted by Gasteiger charge is 2.57. The van der Waals surface area contributed by atoms with Crippen LogP contribution in [0.3, 0.4) is 0 Å². The van der Waals surface area contributed by atoms with Crippen molar-refractivity contribution in [3.8, 4) is 0 Å². The molecule has 0 aliphatic heterocycles. The molecule has 0 saturated heterocycles. The fourth-order valence-electron chi connectivity index (χ4n) is 5.97. The molecular weight excluding hydrogens is 428 g/mol. The predicted octanol–water partition coefficient (Wildman–Crippen LogP) is 4.20. The Bertz CT molecular complexity index is 813. The number of esters is 1. The molecule has 4 aliphatic rings. The van der Waals surface area contributed by atoms with Gasteiger partial charge in [0.1, 0.15) is 5.69 Å². The zero-order valence-corrected chi connectivity index (χ0v) is 17.1. The molecule has 28 heavy (non-hydrogen) atoms. The topological polar surface area (TPSA) is 98.5 Å². The average molecular weight is 451 g/mol. The molecule has 4 fully saturated rings. The molecule has 4 aliphatic carbocycles. The molecule has 4 bridgehead atoms.